The maximum Gasteiger partial charge on any atom is 0.340 e. The first-order valence-corrected chi connectivity index (χ1v) is 6.19. The molecule has 94 valence electrons. The number of thioether (sulfide) groups is 1. The van der Waals surface area contributed by atoms with Crippen molar-refractivity contribution < 1.29 is 14.6 Å². The van der Waals surface area contributed by atoms with Crippen molar-refractivity contribution in [2.24, 2.45) is 0 Å². The van der Waals surface area contributed by atoms with E-state index in [1.165, 1.54) is 11.8 Å². The first-order chi connectivity index (χ1) is 7.97. The molecule has 0 aliphatic heterocycles. The monoisotopic (exact) mass is 256 g/mol. The van der Waals surface area contributed by atoms with Crippen LogP contribution in [0.5, 0.6) is 0 Å². The predicted octanol–water partition coefficient (Wildman–Crippen LogP) is 2.30. The lowest BCUT2D eigenvalue weighted by molar-refractivity contribution is 0.0690. The van der Waals surface area contributed by atoms with E-state index in [1.54, 1.807) is 14.0 Å². The number of carboxylic acid groups (broad SMARTS) is 1. The van der Waals surface area contributed by atoms with Crippen molar-refractivity contribution in [2.75, 3.05) is 13.0 Å². The zero-order valence-corrected chi connectivity index (χ0v) is 11.2. The summed E-state index contributed by atoms with van der Waals surface area (Å²) >= 11 is 1.27. The first kappa shape index (κ1) is 13.9. The van der Waals surface area contributed by atoms with Gasteiger partial charge in [-0.25, -0.2) is 14.8 Å². The van der Waals surface area contributed by atoms with Crippen molar-refractivity contribution >= 4 is 17.7 Å². The molecule has 1 N–H and O–H groups in total. The Morgan fingerprint density at radius 3 is 2.59 bits per heavy atom. The van der Waals surface area contributed by atoms with Gasteiger partial charge in [0.15, 0.2) is 0 Å². The molecule has 0 saturated heterocycles. The van der Waals surface area contributed by atoms with Crippen LogP contribution in [0.4, 0.5) is 0 Å². The number of aryl methyl sites for hydroxylation is 1. The lowest BCUT2D eigenvalue weighted by Gasteiger charge is -2.11. The van der Waals surface area contributed by atoms with Gasteiger partial charge >= 0.3 is 5.97 Å². The van der Waals surface area contributed by atoms with Gasteiger partial charge in [0.05, 0.1) is 11.6 Å². The Balaban J connectivity index is 3.23. The second-order valence-corrected chi connectivity index (χ2v) is 4.77. The summed E-state index contributed by atoms with van der Waals surface area (Å²) in [5.74, 6) is 0.190. The molecular weight excluding hydrogens is 240 g/mol. The van der Waals surface area contributed by atoms with E-state index in [0.29, 0.717) is 22.5 Å². The maximum absolute atomic E-state index is 11.2. The smallest absolute Gasteiger partial charge is 0.340 e. The molecule has 6 heteroatoms. The van der Waals surface area contributed by atoms with E-state index in [0.717, 1.165) is 0 Å². The molecule has 0 saturated carbocycles. The van der Waals surface area contributed by atoms with Gasteiger partial charge in [-0.3, -0.25) is 0 Å². The highest BCUT2D eigenvalue weighted by atomic mass is 32.2. The highest BCUT2D eigenvalue weighted by molar-refractivity contribution is 7.99. The van der Waals surface area contributed by atoms with E-state index in [-0.39, 0.29) is 11.5 Å². The molecule has 0 aliphatic carbocycles. The van der Waals surface area contributed by atoms with Crippen LogP contribution in [0, 0.1) is 6.92 Å². The van der Waals surface area contributed by atoms with Crippen LogP contribution < -0.4 is 0 Å². The fourth-order valence-electron chi connectivity index (χ4n) is 1.29. The summed E-state index contributed by atoms with van der Waals surface area (Å²) in [6.07, 6.45) is 0. The van der Waals surface area contributed by atoms with Crippen LogP contribution in [-0.2, 0) is 4.74 Å². The number of hydrogen-bond donors (Lipinski definition) is 1. The molecule has 0 spiro atoms. The van der Waals surface area contributed by atoms with Crippen LogP contribution >= 0.6 is 11.8 Å². The summed E-state index contributed by atoms with van der Waals surface area (Å²) in [6, 6.07) is 0. The molecule has 0 bridgehead atoms. The Hall–Kier alpha value is -1.14. The van der Waals surface area contributed by atoms with E-state index in [2.05, 4.69) is 9.97 Å². The molecule has 0 atom stereocenters. The minimum absolute atomic E-state index is 0.163. The summed E-state index contributed by atoms with van der Waals surface area (Å²) in [7, 11) is 1.56. The average Bonchev–Trinajstić information content (AvgIpc) is 2.24. The van der Waals surface area contributed by atoms with Crippen LogP contribution in [0.3, 0.4) is 0 Å². The Morgan fingerprint density at radius 2 is 2.12 bits per heavy atom. The third-order valence-corrected chi connectivity index (χ3v) is 3.04. The fraction of sp³-hybridized carbons (Fsp3) is 0.545. The predicted molar refractivity (Wildman–Crippen MR) is 65.6 cm³/mol. The second kappa shape index (κ2) is 5.97. The van der Waals surface area contributed by atoms with Gasteiger partial charge in [-0.1, -0.05) is 25.6 Å². The van der Waals surface area contributed by atoms with Gasteiger partial charge < -0.3 is 9.84 Å². The maximum atomic E-state index is 11.2. The molecule has 0 amide bonds. The average molecular weight is 256 g/mol. The summed E-state index contributed by atoms with van der Waals surface area (Å²) in [6.45, 7) is 5.63. The lowest BCUT2D eigenvalue weighted by Crippen LogP contribution is -2.10. The van der Waals surface area contributed by atoms with Crippen LogP contribution in [0.2, 0.25) is 0 Å². The van der Waals surface area contributed by atoms with Gasteiger partial charge in [0.25, 0.3) is 0 Å². The number of aromatic nitrogens is 2. The number of aromatic carboxylic acids is 1. The highest BCUT2D eigenvalue weighted by Gasteiger charge is 2.19. The van der Waals surface area contributed by atoms with Crippen molar-refractivity contribution in [3.8, 4) is 0 Å². The summed E-state index contributed by atoms with van der Waals surface area (Å²) in [5.41, 5.74) is 0.659. The number of methoxy groups -OCH3 is 1. The summed E-state index contributed by atoms with van der Waals surface area (Å²) in [5, 5.41) is 9.61. The lowest BCUT2D eigenvalue weighted by atomic mass is 10.2. The molecular formula is C11H16N2O3S. The number of rotatable bonds is 5. The Labute approximate surface area is 105 Å². The quantitative estimate of drug-likeness (QED) is 0.495. The van der Waals surface area contributed by atoms with E-state index in [4.69, 9.17) is 9.84 Å². The Morgan fingerprint density at radius 1 is 1.47 bits per heavy atom. The van der Waals surface area contributed by atoms with E-state index in [1.807, 2.05) is 13.8 Å². The van der Waals surface area contributed by atoms with Gasteiger partial charge in [-0.05, 0) is 6.92 Å². The molecule has 0 aliphatic rings. The normalized spacial score (nSPS) is 10.9. The van der Waals surface area contributed by atoms with Gasteiger partial charge in [0.1, 0.15) is 16.4 Å². The Kier molecular flexibility index (Phi) is 4.89. The van der Waals surface area contributed by atoms with E-state index >= 15 is 0 Å². The molecule has 1 aromatic heterocycles. The third-order valence-electron chi connectivity index (χ3n) is 2.12. The largest absolute Gasteiger partial charge is 0.478 e. The van der Waals surface area contributed by atoms with Crippen LogP contribution in [-0.4, -0.2) is 34.1 Å². The molecule has 5 nitrogen and oxygen atoms in total. The number of carbonyl (C=O) groups is 1. The molecule has 0 radical (unpaired) electrons. The molecule has 0 fully saturated rings. The summed E-state index contributed by atoms with van der Waals surface area (Å²) < 4.78 is 4.93. The van der Waals surface area contributed by atoms with E-state index < -0.39 is 5.97 Å². The van der Waals surface area contributed by atoms with Crippen molar-refractivity contribution in [1.29, 1.82) is 0 Å². The Bertz CT molecular complexity index is 421. The SMILES string of the molecule is COCSc1nc(C(C)C)nc(C)c1C(=O)O. The number of nitrogens with zero attached hydrogens (tertiary/aromatic N) is 2. The van der Waals surface area contributed by atoms with Crippen molar-refractivity contribution in [3.63, 3.8) is 0 Å². The minimum atomic E-state index is -1.00. The van der Waals surface area contributed by atoms with Gasteiger partial charge in [-0.15, -0.1) is 0 Å². The fourth-order valence-corrected chi connectivity index (χ4v) is 2.06. The van der Waals surface area contributed by atoms with Crippen molar-refractivity contribution in [2.45, 2.75) is 31.7 Å². The topological polar surface area (TPSA) is 72.3 Å². The first-order valence-electron chi connectivity index (χ1n) is 5.21. The van der Waals surface area contributed by atoms with Gasteiger partial charge in [-0.2, -0.15) is 0 Å². The summed E-state index contributed by atoms with van der Waals surface area (Å²) in [4.78, 5) is 19.7. The van der Waals surface area contributed by atoms with Crippen molar-refractivity contribution in [1.82, 2.24) is 9.97 Å². The van der Waals surface area contributed by atoms with Gasteiger partial charge in [0, 0.05) is 13.0 Å². The minimum Gasteiger partial charge on any atom is -0.478 e. The number of carboxylic acids is 1. The zero-order valence-electron chi connectivity index (χ0n) is 10.4. The molecule has 0 aromatic carbocycles. The van der Waals surface area contributed by atoms with Crippen LogP contribution in [0.25, 0.3) is 0 Å². The standard InChI is InChI=1S/C11H16N2O3S/c1-6(2)9-12-7(3)8(11(14)15)10(13-9)17-5-16-4/h6H,5H2,1-4H3,(H,14,15). The zero-order chi connectivity index (χ0) is 13.0. The number of hydrogen-bond acceptors (Lipinski definition) is 5. The molecule has 1 rings (SSSR count). The van der Waals surface area contributed by atoms with E-state index in [9.17, 15) is 4.79 Å². The molecule has 1 heterocycles. The van der Waals surface area contributed by atoms with Crippen LogP contribution in [0.1, 0.15) is 41.6 Å². The third kappa shape index (κ3) is 3.41. The van der Waals surface area contributed by atoms with Crippen LogP contribution in [0.15, 0.2) is 5.03 Å². The molecule has 0 unspecified atom stereocenters. The van der Waals surface area contributed by atoms with Gasteiger partial charge in [0.2, 0.25) is 0 Å². The molecule has 17 heavy (non-hydrogen) atoms. The highest BCUT2D eigenvalue weighted by Crippen LogP contribution is 2.24. The number of ether oxygens (including phenoxy) is 1. The molecule has 1 aromatic rings. The van der Waals surface area contributed by atoms with Crippen molar-refractivity contribution in [3.05, 3.63) is 17.1 Å². The second-order valence-electron chi connectivity index (χ2n) is 3.86.